The molecule has 5 atom stereocenters. The molecule has 0 aromatic rings. The van der Waals surface area contributed by atoms with E-state index in [9.17, 15) is 43.2 Å². The van der Waals surface area contributed by atoms with Crippen molar-refractivity contribution < 1.29 is 80.2 Å². The standard InChI is InChI=1S/C65H126O17P2/c1-8-9-10-11-22-32-39-46-62(67)75-52-61(82-65(70)49-42-35-28-27-31-38-45-58(6)7)55-80-84(73,74)78-51-59(66)50-77-83(71,72)79-54-60(53-76-63(68)47-40-33-25-20-17-16-19-24-30-37-44-57(4)5)81-64(69)48-41-34-26-21-15-13-12-14-18-23-29-36-43-56(2)3/h56-61,66H,8-55H2,1-7H3,(H,71,72)(H,73,74)/t59-,60-,61-/m1/s1. The maximum absolute atomic E-state index is 13.0. The monoisotopic (exact) mass is 1240 g/mol. The summed E-state index contributed by atoms with van der Waals surface area (Å²) >= 11 is 0. The van der Waals surface area contributed by atoms with Gasteiger partial charge in [-0.2, -0.15) is 0 Å². The SMILES string of the molecule is CCCCCCCCCC(=O)OC[C@H](COP(=O)(O)OC[C@H](O)COP(=O)(O)OC[C@@H](COC(=O)CCCCCCCCCCCCC(C)C)OC(=O)CCCCCCCCCCCCCCC(C)C)OC(=O)CCCCCCCCC(C)C. The second-order valence-corrected chi connectivity index (χ2v) is 27.8. The van der Waals surface area contributed by atoms with Crippen LogP contribution in [0.1, 0.15) is 318 Å². The highest BCUT2D eigenvalue weighted by Crippen LogP contribution is 2.45. The van der Waals surface area contributed by atoms with E-state index in [1.165, 1.54) is 116 Å². The number of aliphatic hydroxyl groups excluding tert-OH is 1. The van der Waals surface area contributed by atoms with Gasteiger partial charge in [-0.05, 0) is 43.4 Å². The summed E-state index contributed by atoms with van der Waals surface area (Å²) in [4.78, 5) is 72.1. The van der Waals surface area contributed by atoms with E-state index in [2.05, 4.69) is 48.5 Å². The van der Waals surface area contributed by atoms with E-state index in [0.717, 1.165) is 115 Å². The maximum atomic E-state index is 13.0. The summed E-state index contributed by atoms with van der Waals surface area (Å²) in [5.74, 6) is 0.0632. The minimum absolute atomic E-state index is 0.101. The van der Waals surface area contributed by atoms with Crippen LogP contribution in [0.2, 0.25) is 0 Å². The highest BCUT2D eigenvalue weighted by atomic mass is 31.2. The predicted molar refractivity (Wildman–Crippen MR) is 335 cm³/mol. The molecule has 3 N–H and O–H groups in total. The van der Waals surface area contributed by atoms with Crippen LogP contribution in [-0.2, 0) is 65.4 Å². The fourth-order valence-corrected chi connectivity index (χ4v) is 11.2. The Morgan fingerprint density at radius 3 is 0.810 bits per heavy atom. The Kier molecular flexibility index (Phi) is 55.0. The van der Waals surface area contributed by atoms with Crippen molar-refractivity contribution in [1.29, 1.82) is 0 Å². The van der Waals surface area contributed by atoms with Crippen molar-refractivity contribution in [2.45, 2.75) is 336 Å². The molecule has 0 aromatic carbocycles. The molecule has 0 spiro atoms. The number of unbranched alkanes of at least 4 members (excludes halogenated alkanes) is 31. The number of carbonyl (C=O) groups is 4. The zero-order valence-electron chi connectivity index (χ0n) is 54.4. The van der Waals surface area contributed by atoms with Crippen molar-refractivity contribution in [3.63, 3.8) is 0 Å². The molecule has 0 aromatic heterocycles. The first-order valence-corrected chi connectivity index (χ1v) is 36.8. The second kappa shape index (κ2) is 56.3. The third-order valence-electron chi connectivity index (χ3n) is 14.9. The zero-order chi connectivity index (χ0) is 62.4. The van der Waals surface area contributed by atoms with Crippen molar-refractivity contribution in [1.82, 2.24) is 0 Å². The molecule has 0 fully saturated rings. The summed E-state index contributed by atoms with van der Waals surface area (Å²) in [6.07, 6.45) is 37.8. The molecule has 498 valence electrons. The molecular weight excluding hydrogens is 1110 g/mol. The smallest absolute Gasteiger partial charge is 0.462 e. The fraction of sp³-hybridized carbons (Fsp3) is 0.938. The largest absolute Gasteiger partial charge is 0.472 e. The van der Waals surface area contributed by atoms with Gasteiger partial charge >= 0.3 is 39.5 Å². The number of ether oxygens (including phenoxy) is 4. The normalized spacial score (nSPS) is 14.3. The molecule has 0 aliphatic carbocycles. The topological polar surface area (TPSA) is 237 Å². The lowest BCUT2D eigenvalue weighted by Crippen LogP contribution is -2.30. The Morgan fingerprint density at radius 1 is 0.321 bits per heavy atom. The maximum Gasteiger partial charge on any atom is 0.472 e. The van der Waals surface area contributed by atoms with Crippen LogP contribution in [0.25, 0.3) is 0 Å². The molecule has 0 saturated carbocycles. The van der Waals surface area contributed by atoms with E-state index in [1.54, 1.807) is 0 Å². The van der Waals surface area contributed by atoms with Gasteiger partial charge in [-0.1, -0.05) is 267 Å². The minimum Gasteiger partial charge on any atom is -0.462 e. The Labute approximate surface area is 511 Å². The second-order valence-electron chi connectivity index (χ2n) is 24.9. The summed E-state index contributed by atoms with van der Waals surface area (Å²) in [5.41, 5.74) is 0. The van der Waals surface area contributed by atoms with Gasteiger partial charge in [0.05, 0.1) is 26.4 Å². The molecule has 2 unspecified atom stereocenters. The van der Waals surface area contributed by atoms with Crippen LogP contribution in [0.3, 0.4) is 0 Å². The lowest BCUT2D eigenvalue weighted by atomic mass is 10.0. The zero-order valence-corrected chi connectivity index (χ0v) is 56.1. The number of phosphoric ester groups is 2. The van der Waals surface area contributed by atoms with Gasteiger partial charge in [0.1, 0.15) is 19.3 Å². The van der Waals surface area contributed by atoms with Crippen LogP contribution in [0.4, 0.5) is 0 Å². The lowest BCUT2D eigenvalue weighted by molar-refractivity contribution is -0.161. The molecule has 17 nitrogen and oxygen atoms in total. The van der Waals surface area contributed by atoms with E-state index in [-0.39, 0.29) is 25.7 Å². The first-order chi connectivity index (χ1) is 40.2. The van der Waals surface area contributed by atoms with Crippen LogP contribution in [-0.4, -0.2) is 96.7 Å². The van der Waals surface area contributed by atoms with Crippen molar-refractivity contribution in [3.8, 4) is 0 Å². The Bertz CT molecular complexity index is 1660. The van der Waals surface area contributed by atoms with Crippen LogP contribution in [0.5, 0.6) is 0 Å². The van der Waals surface area contributed by atoms with E-state index in [4.69, 9.17) is 37.0 Å². The molecule has 0 radical (unpaired) electrons. The number of esters is 4. The Morgan fingerprint density at radius 2 is 0.548 bits per heavy atom. The van der Waals surface area contributed by atoms with Crippen LogP contribution >= 0.6 is 15.6 Å². The highest BCUT2D eigenvalue weighted by Gasteiger charge is 2.30. The van der Waals surface area contributed by atoms with Crippen molar-refractivity contribution in [2.24, 2.45) is 17.8 Å². The number of hydrogen-bond donors (Lipinski definition) is 3. The molecule has 84 heavy (non-hydrogen) atoms. The first kappa shape index (κ1) is 82.1. The summed E-state index contributed by atoms with van der Waals surface area (Å²) in [5, 5.41) is 10.5. The third kappa shape index (κ3) is 59.0. The predicted octanol–water partition coefficient (Wildman–Crippen LogP) is 17.9. The number of rotatable bonds is 63. The van der Waals surface area contributed by atoms with Gasteiger partial charge in [0, 0.05) is 25.7 Å². The lowest BCUT2D eigenvalue weighted by Gasteiger charge is -2.21. The van der Waals surface area contributed by atoms with E-state index in [1.807, 2.05) is 0 Å². The van der Waals surface area contributed by atoms with Crippen LogP contribution < -0.4 is 0 Å². The molecule has 0 aliphatic heterocycles. The molecule has 0 saturated heterocycles. The van der Waals surface area contributed by atoms with Gasteiger partial charge in [-0.25, -0.2) is 9.13 Å². The van der Waals surface area contributed by atoms with Gasteiger partial charge in [0.15, 0.2) is 12.2 Å². The molecule has 19 heteroatoms. The minimum atomic E-state index is -4.95. The van der Waals surface area contributed by atoms with Gasteiger partial charge in [0.2, 0.25) is 0 Å². The van der Waals surface area contributed by atoms with Gasteiger partial charge < -0.3 is 33.8 Å². The molecule has 0 rings (SSSR count). The summed E-state index contributed by atoms with van der Waals surface area (Å²) in [6.45, 7) is 11.7. The average Bonchev–Trinajstić information content (AvgIpc) is 3.48. The quantitative estimate of drug-likeness (QED) is 0.0222. The number of phosphoric acid groups is 2. The third-order valence-corrected chi connectivity index (χ3v) is 16.8. The number of aliphatic hydroxyl groups is 1. The van der Waals surface area contributed by atoms with Gasteiger partial charge in [-0.15, -0.1) is 0 Å². The highest BCUT2D eigenvalue weighted by molar-refractivity contribution is 7.47. The molecular formula is C65H126O17P2. The number of hydrogen-bond acceptors (Lipinski definition) is 15. The summed E-state index contributed by atoms with van der Waals surface area (Å²) < 4.78 is 67.9. The fourth-order valence-electron chi connectivity index (χ4n) is 9.66. The van der Waals surface area contributed by atoms with Crippen LogP contribution in [0, 0.1) is 17.8 Å². The number of carbonyl (C=O) groups excluding carboxylic acids is 4. The first-order valence-electron chi connectivity index (χ1n) is 33.8. The summed E-state index contributed by atoms with van der Waals surface area (Å²) in [6, 6.07) is 0. The van der Waals surface area contributed by atoms with E-state index in [0.29, 0.717) is 31.6 Å². The van der Waals surface area contributed by atoms with Gasteiger partial charge in [0.25, 0.3) is 0 Å². The average molecular weight is 1240 g/mol. The van der Waals surface area contributed by atoms with E-state index < -0.39 is 97.5 Å². The summed E-state index contributed by atoms with van der Waals surface area (Å²) in [7, 11) is -9.89. The molecule has 0 aliphatic rings. The van der Waals surface area contributed by atoms with Crippen molar-refractivity contribution in [2.75, 3.05) is 39.6 Å². The Balaban J connectivity index is 5.21. The molecule has 0 amide bonds. The van der Waals surface area contributed by atoms with E-state index >= 15 is 0 Å². The Hall–Kier alpha value is -1.94. The molecule has 0 heterocycles. The van der Waals surface area contributed by atoms with Crippen molar-refractivity contribution >= 4 is 39.5 Å². The van der Waals surface area contributed by atoms with Gasteiger partial charge in [-0.3, -0.25) is 37.3 Å². The van der Waals surface area contributed by atoms with Crippen molar-refractivity contribution in [3.05, 3.63) is 0 Å². The molecule has 0 bridgehead atoms. The van der Waals surface area contributed by atoms with Crippen LogP contribution in [0.15, 0.2) is 0 Å².